The number of aromatic nitrogens is 1. The molecule has 0 fully saturated rings. The van der Waals surface area contributed by atoms with Crippen LogP contribution in [0.4, 0.5) is 11.5 Å². The number of amides is 1. The van der Waals surface area contributed by atoms with Gasteiger partial charge in [0.2, 0.25) is 5.91 Å². The van der Waals surface area contributed by atoms with Crippen LogP contribution in [0.15, 0.2) is 47.3 Å². The van der Waals surface area contributed by atoms with Gasteiger partial charge < -0.3 is 18.9 Å². The van der Waals surface area contributed by atoms with E-state index in [2.05, 4.69) is 0 Å². The van der Waals surface area contributed by atoms with E-state index >= 15 is 0 Å². The molecule has 4 rings (SSSR count). The molecule has 2 heterocycles. The van der Waals surface area contributed by atoms with Crippen LogP contribution in [0.1, 0.15) is 22.8 Å². The second kappa shape index (κ2) is 9.60. The molecule has 1 aliphatic rings. The van der Waals surface area contributed by atoms with Gasteiger partial charge in [-0.05, 0) is 29.8 Å². The largest absolute Gasteiger partial charge is 0.497 e. The van der Waals surface area contributed by atoms with E-state index in [4.69, 9.17) is 18.9 Å². The van der Waals surface area contributed by atoms with Crippen LogP contribution in [-0.4, -0.2) is 44.9 Å². The van der Waals surface area contributed by atoms with E-state index in [1.54, 1.807) is 43.5 Å². The predicted octanol–water partition coefficient (Wildman–Crippen LogP) is 3.31. The summed E-state index contributed by atoms with van der Waals surface area (Å²) in [4.78, 5) is 40.5. The third-order valence-corrected chi connectivity index (χ3v) is 6.77. The maximum absolute atomic E-state index is 13.5. The molecule has 1 amide bonds. The Morgan fingerprint density at radius 3 is 2.44 bits per heavy atom. The molecule has 0 N–H and O–H groups in total. The zero-order valence-corrected chi connectivity index (χ0v) is 20.0. The molecule has 1 aliphatic heterocycles. The van der Waals surface area contributed by atoms with Gasteiger partial charge in [0, 0.05) is 18.4 Å². The first-order valence-corrected chi connectivity index (χ1v) is 11.2. The number of hydrogen-bond acceptors (Lipinski definition) is 8. The summed E-state index contributed by atoms with van der Waals surface area (Å²) in [6.07, 6.45) is 0.123. The van der Waals surface area contributed by atoms with Gasteiger partial charge in [-0.2, -0.15) is 0 Å². The second-order valence-electron chi connectivity index (χ2n) is 7.52. The lowest BCUT2D eigenvalue weighted by molar-refractivity contribution is -0.141. The molecule has 9 nitrogen and oxygen atoms in total. The average molecular weight is 485 g/mol. The second-order valence-corrected chi connectivity index (χ2v) is 8.51. The minimum absolute atomic E-state index is 0.123. The third kappa shape index (κ3) is 4.12. The van der Waals surface area contributed by atoms with Crippen molar-refractivity contribution in [3.63, 3.8) is 0 Å². The van der Waals surface area contributed by atoms with Gasteiger partial charge in [-0.25, -0.2) is 0 Å². The van der Waals surface area contributed by atoms with Crippen LogP contribution < -0.4 is 24.0 Å². The van der Waals surface area contributed by atoms with E-state index in [0.29, 0.717) is 33.6 Å². The summed E-state index contributed by atoms with van der Waals surface area (Å²) in [6.45, 7) is -0.312. The molecular formula is C24H24N2O7S. The van der Waals surface area contributed by atoms with Gasteiger partial charge in [0.15, 0.2) is 11.5 Å². The number of anilines is 2. The van der Waals surface area contributed by atoms with E-state index in [0.717, 1.165) is 16.9 Å². The van der Waals surface area contributed by atoms with E-state index < -0.39 is 11.9 Å². The molecule has 34 heavy (non-hydrogen) atoms. The normalized spacial score (nSPS) is 15.0. The molecule has 1 aromatic heterocycles. The Balaban J connectivity index is 1.91. The maximum atomic E-state index is 13.5. The van der Waals surface area contributed by atoms with Gasteiger partial charge in [-0.1, -0.05) is 23.5 Å². The fourth-order valence-corrected chi connectivity index (χ4v) is 5.14. The van der Waals surface area contributed by atoms with Gasteiger partial charge in [-0.15, -0.1) is 0 Å². The molecular weight excluding hydrogens is 460 g/mol. The third-order valence-electron chi connectivity index (χ3n) is 5.69. The van der Waals surface area contributed by atoms with Crippen LogP contribution in [0.5, 0.6) is 17.2 Å². The molecule has 1 atom stereocenters. The Morgan fingerprint density at radius 1 is 1.00 bits per heavy atom. The van der Waals surface area contributed by atoms with Crippen molar-refractivity contribution in [3.05, 3.63) is 62.6 Å². The van der Waals surface area contributed by atoms with Crippen molar-refractivity contribution in [1.82, 2.24) is 4.57 Å². The van der Waals surface area contributed by atoms with E-state index in [1.807, 2.05) is 6.07 Å². The van der Waals surface area contributed by atoms with Gasteiger partial charge in [-0.3, -0.25) is 23.9 Å². The van der Waals surface area contributed by atoms with E-state index in [-0.39, 0.29) is 23.7 Å². The summed E-state index contributed by atoms with van der Waals surface area (Å²) in [7, 11) is 5.87. The number of carbonyl (C=O) groups is 2. The first kappa shape index (κ1) is 23.4. The van der Waals surface area contributed by atoms with Crippen LogP contribution >= 0.6 is 11.3 Å². The number of fused-ring (bicyclic) bond motifs is 1. The Labute approximate surface area is 200 Å². The van der Waals surface area contributed by atoms with E-state index in [9.17, 15) is 14.4 Å². The summed E-state index contributed by atoms with van der Waals surface area (Å²) < 4.78 is 22.2. The number of nitrogens with zero attached hydrogens (tertiary/aromatic N) is 2. The highest BCUT2D eigenvalue weighted by molar-refractivity contribution is 7.10. The molecule has 178 valence electrons. The molecule has 0 saturated carbocycles. The minimum Gasteiger partial charge on any atom is -0.497 e. The lowest BCUT2D eigenvalue weighted by Gasteiger charge is -2.32. The zero-order chi connectivity index (χ0) is 24.4. The highest BCUT2D eigenvalue weighted by Gasteiger charge is 2.38. The summed E-state index contributed by atoms with van der Waals surface area (Å²) in [5.74, 6) is 0.774. The molecule has 0 radical (unpaired) electrons. The number of thiazole rings is 1. The van der Waals surface area contributed by atoms with Gasteiger partial charge in [0.1, 0.15) is 18.1 Å². The minimum atomic E-state index is -0.589. The standard InChI is InChI=1S/C24H24N2O7S/c1-30-16-7-5-6-15(11-16)26-20(27)12-17(14-8-9-18(31-2)19(10-14)32-3)22-23(26)25(24(29)34-22)13-21(28)33-4/h5-11,17H,12-13H2,1-4H3. The molecule has 0 aliphatic carbocycles. The quantitative estimate of drug-likeness (QED) is 0.475. The van der Waals surface area contributed by atoms with Crippen LogP contribution in [-0.2, 0) is 20.9 Å². The lowest BCUT2D eigenvalue weighted by atomic mass is 9.90. The number of carbonyl (C=O) groups excluding carboxylic acids is 2. The van der Waals surface area contributed by atoms with Crippen molar-refractivity contribution in [2.24, 2.45) is 0 Å². The van der Waals surface area contributed by atoms with Crippen LogP contribution in [0.2, 0.25) is 0 Å². The van der Waals surface area contributed by atoms with Gasteiger partial charge in [0.05, 0.1) is 39.0 Å². The smallest absolute Gasteiger partial charge is 0.325 e. The Bertz CT molecular complexity index is 1300. The first-order valence-electron chi connectivity index (χ1n) is 10.4. The Hall–Kier alpha value is -3.79. The average Bonchev–Trinajstić information content (AvgIpc) is 3.18. The number of ether oxygens (including phenoxy) is 4. The lowest BCUT2D eigenvalue weighted by Crippen LogP contribution is -2.36. The number of esters is 1. The SMILES string of the molecule is COC(=O)Cn1c2c(sc1=O)C(c1ccc(OC)c(OC)c1)CC(=O)N2c1cccc(OC)c1. The number of methoxy groups -OCH3 is 4. The molecule has 0 spiro atoms. The molecule has 0 saturated heterocycles. The van der Waals surface area contributed by atoms with Crippen molar-refractivity contribution in [1.29, 1.82) is 0 Å². The van der Waals surface area contributed by atoms with Crippen molar-refractivity contribution >= 4 is 34.7 Å². The van der Waals surface area contributed by atoms with Gasteiger partial charge >= 0.3 is 10.8 Å². The van der Waals surface area contributed by atoms with Gasteiger partial charge in [0.25, 0.3) is 0 Å². The van der Waals surface area contributed by atoms with Crippen LogP contribution in [0.25, 0.3) is 0 Å². The Morgan fingerprint density at radius 2 is 1.76 bits per heavy atom. The van der Waals surface area contributed by atoms with Crippen molar-refractivity contribution in [3.8, 4) is 17.2 Å². The highest BCUT2D eigenvalue weighted by Crippen LogP contribution is 2.46. The van der Waals surface area contributed by atoms with E-state index in [1.165, 1.54) is 30.8 Å². The van der Waals surface area contributed by atoms with Crippen LogP contribution in [0, 0.1) is 0 Å². The summed E-state index contributed by atoms with van der Waals surface area (Å²) in [5.41, 5.74) is 1.33. The maximum Gasteiger partial charge on any atom is 0.325 e. The van der Waals surface area contributed by atoms with Crippen molar-refractivity contribution < 1.29 is 28.5 Å². The number of rotatable bonds is 7. The highest BCUT2D eigenvalue weighted by atomic mass is 32.1. The van der Waals surface area contributed by atoms with Crippen molar-refractivity contribution in [2.45, 2.75) is 18.9 Å². The molecule has 10 heteroatoms. The molecule has 1 unspecified atom stereocenters. The number of hydrogen-bond donors (Lipinski definition) is 0. The predicted molar refractivity (Wildman–Crippen MR) is 127 cm³/mol. The monoisotopic (exact) mass is 484 g/mol. The first-order chi connectivity index (χ1) is 16.4. The fraction of sp³-hybridized carbons (Fsp3) is 0.292. The van der Waals surface area contributed by atoms with Crippen molar-refractivity contribution in [2.75, 3.05) is 33.3 Å². The topological polar surface area (TPSA) is 96.3 Å². The summed E-state index contributed by atoms with van der Waals surface area (Å²) in [6, 6.07) is 12.4. The summed E-state index contributed by atoms with van der Waals surface area (Å²) in [5, 5.41) is 0. The molecule has 2 aromatic carbocycles. The Kier molecular flexibility index (Phi) is 6.60. The zero-order valence-electron chi connectivity index (χ0n) is 19.2. The molecule has 0 bridgehead atoms. The fourth-order valence-electron chi connectivity index (χ4n) is 4.04. The molecule has 3 aromatic rings. The number of benzene rings is 2. The summed E-state index contributed by atoms with van der Waals surface area (Å²) >= 11 is 1.01. The van der Waals surface area contributed by atoms with Crippen LogP contribution in [0.3, 0.4) is 0 Å².